The second kappa shape index (κ2) is 11.0. The molecule has 8 rings (SSSR count). The van der Waals surface area contributed by atoms with Gasteiger partial charge in [0.25, 0.3) is 0 Å². The van der Waals surface area contributed by atoms with Gasteiger partial charge in [-0.25, -0.2) is 0 Å². The van der Waals surface area contributed by atoms with Crippen LogP contribution in [0.25, 0.3) is 17.7 Å². The molecule has 0 unspecified atom stereocenters. The molecule has 0 saturated heterocycles. The largest absolute Gasteiger partial charge is 0.492 e. The Balaban J connectivity index is 1.20. The third kappa shape index (κ3) is 4.72. The summed E-state index contributed by atoms with van der Waals surface area (Å²) in [7, 11) is 0. The van der Waals surface area contributed by atoms with Crippen molar-refractivity contribution in [3.05, 3.63) is 141 Å². The zero-order chi connectivity index (χ0) is 29.6. The molecule has 0 spiro atoms. The highest BCUT2D eigenvalue weighted by molar-refractivity contribution is 7.16. The molecule has 0 radical (unpaired) electrons. The van der Waals surface area contributed by atoms with Gasteiger partial charge in [0.1, 0.15) is 0 Å². The highest BCUT2D eigenvalue weighted by Gasteiger charge is 2.35. The van der Waals surface area contributed by atoms with Crippen LogP contribution >= 0.6 is 11.3 Å². The normalized spacial score (nSPS) is 19.5. The predicted octanol–water partition coefficient (Wildman–Crippen LogP) is 8.61. The van der Waals surface area contributed by atoms with Gasteiger partial charge in [0.15, 0.2) is 10.9 Å². The Morgan fingerprint density at radius 1 is 0.818 bits per heavy atom. The monoisotopic (exact) mass is 593 g/mol. The molecule has 216 valence electrons. The number of nitrogens with one attached hydrogen (secondary N) is 1. The van der Waals surface area contributed by atoms with Crippen molar-refractivity contribution in [1.29, 1.82) is 0 Å². The number of ketones is 1. The van der Waals surface area contributed by atoms with Gasteiger partial charge in [-0.05, 0) is 70.5 Å². The molecule has 0 saturated carbocycles. The molecule has 0 bridgehead atoms. The van der Waals surface area contributed by atoms with Crippen molar-refractivity contribution < 1.29 is 9.90 Å². The highest BCUT2D eigenvalue weighted by atomic mass is 32.1. The van der Waals surface area contributed by atoms with Crippen molar-refractivity contribution in [2.24, 2.45) is 0 Å². The number of benzene rings is 4. The average molecular weight is 594 g/mol. The number of thiazole rings is 1. The molecular formula is C38H31N3O2S. The number of hydrogen-bond acceptors (Lipinski definition) is 6. The van der Waals surface area contributed by atoms with Gasteiger partial charge in [-0.15, -0.1) is 0 Å². The Morgan fingerprint density at radius 2 is 1.43 bits per heavy atom. The molecule has 3 aliphatic rings. The van der Waals surface area contributed by atoms with Gasteiger partial charge in [0, 0.05) is 41.9 Å². The van der Waals surface area contributed by atoms with E-state index in [9.17, 15) is 9.90 Å². The zero-order valence-corrected chi connectivity index (χ0v) is 24.9. The van der Waals surface area contributed by atoms with Crippen molar-refractivity contribution in [3.8, 4) is 5.88 Å². The number of hydrogen-bond donors (Lipinski definition) is 2. The van der Waals surface area contributed by atoms with Crippen molar-refractivity contribution in [1.82, 2.24) is 4.98 Å². The first-order valence-electron chi connectivity index (χ1n) is 15.2. The summed E-state index contributed by atoms with van der Waals surface area (Å²) in [5.41, 5.74) is 10.1. The fourth-order valence-electron chi connectivity index (χ4n) is 7.08. The number of carbonyl (C=O) groups is 1. The van der Waals surface area contributed by atoms with Crippen LogP contribution in [0.2, 0.25) is 0 Å². The van der Waals surface area contributed by atoms with E-state index in [1.54, 1.807) is 12.2 Å². The molecule has 5 nitrogen and oxygen atoms in total. The first kappa shape index (κ1) is 26.7. The number of rotatable bonds is 5. The van der Waals surface area contributed by atoms with E-state index in [4.69, 9.17) is 0 Å². The van der Waals surface area contributed by atoms with E-state index < -0.39 is 0 Å². The van der Waals surface area contributed by atoms with Gasteiger partial charge in [0.2, 0.25) is 5.88 Å². The number of carbonyl (C=O) groups excluding carboxylic acids is 1. The van der Waals surface area contributed by atoms with Gasteiger partial charge in [-0.3, -0.25) is 4.79 Å². The second-order valence-corrected chi connectivity index (χ2v) is 12.7. The number of fused-ring (bicyclic) bond motifs is 1. The minimum absolute atomic E-state index is 0.0803. The summed E-state index contributed by atoms with van der Waals surface area (Å²) in [6, 6.07) is 34.0. The Bertz CT molecular complexity index is 1870. The van der Waals surface area contributed by atoms with Crippen LogP contribution in [0.4, 0.5) is 16.5 Å². The van der Waals surface area contributed by atoms with E-state index in [1.807, 2.05) is 30.3 Å². The summed E-state index contributed by atoms with van der Waals surface area (Å²) < 4.78 is 0. The summed E-state index contributed by atoms with van der Waals surface area (Å²) in [5, 5.41) is 15.0. The molecule has 0 fully saturated rings. The fourth-order valence-corrected chi connectivity index (χ4v) is 7.90. The molecule has 6 heteroatoms. The average Bonchev–Trinajstić information content (AvgIpc) is 3.41. The van der Waals surface area contributed by atoms with Crippen LogP contribution in [0, 0.1) is 0 Å². The van der Waals surface area contributed by atoms with Gasteiger partial charge < -0.3 is 15.3 Å². The standard InChI is InChI=1S/C38H31N3O2S/c42-34-16-15-26-13-7-8-14-28(26)31(34)23-35-37(43)40-38(44-35)39-27-21-32-29(24-9-3-1-4-10-24)17-19-41-20-18-30(33(22-27)36(32)41)25-11-5-2-6-12-25/h1-16,21-23,29-30,43H,17-20H2,(H,39,40)/t29-,30+. The Kier molecular flexibility index (Phi) is 6.64. The first-order valence-corrected chi connectivity index (χ1v) is 16.0. The molecule has 2 N–H and O–H groups in total. The number of nitrogens with zero attached hydrogens (tertiary/aromatic N) is 2. The SMILES string of the molecule is O=C1C=Cc2ccccc2C1=Cc1sc(Nc2cc3c4c(c2)[C@H](c2ccccc2)CCN4CC[C@@H]3c2ccccc2)nc1O. The topological polar surface area (TPSA) is 65.5 Å². The maximum absolute atomic E-state index is 12.8. The van der Waals surface area contributed by atoms with Crippen molar-refractivity contribution in [2.45, 2.75) is 24.7 Å². The zero-order valence-electron chi connectivity index (χ0n) is 24.1. The Morgan fingerprint density at radius 3 is 2.09 bits per heavy atom. The summed E-state index contributed by atoms with van der Waals surface area (Å²) in [6.07, 6.45) is 7.31. The Hall–Kier alpha value is -4.94. The molecule has 0 amide bonds. The van der Waals surface area contributed by atoms with Gasteiger partial charge >= 0.3 is 0 Å². The van der Waals surface area contributed by atoms with E-state index in [0.717, 1.165) is 42.7 Å². The molecular weight excluding hydrogens is 563 g/mol. The van der Waals surface area contributed by atoms with Crippen molar-refractivity contribution in [3.63, 3.8) is 0 Å². The number of aromatic hydroxyl groups is 1. The molecule has 2 atom stereocenters. The predicted molar refractivity (Wildman–Crippen MR) is 180 cm³/mol. The number of aromatic nitrogens is 1. The quantitative estimate of drug-likeness (QED) is 0.200. The Labute approximate surface area is 260 Å². The lowest BCUT2D eigenvalue weighted by Crippen LogP contribution is -2.37. The summed E-state index contributed by atoms with van der Waals surface area (Å²) in [5.74, 6) is 0.434. The maximum Gasteiger partial charge on any atom is 0.231 e. The smallest absolute Gasteiger partial charge is 0.231 e. The molecule has 1 aliphatic carbocycles. The molecule has 5 aromatic rings. The molecule has 4 aromatic carbocycles. The van der Waals surface area contributed by atoms with Gasteiger partial charge in [0.05, 0.1) is 4.88 Å². The lowest BCUT2D eigenvalue weighted by atomic mass is 9.76. The van der Waals surface area contributed by atoms with Gasteiger partial charge in [-0.2, -0.15) is 4.98 Å². The number of anilines is 3. The second-order valence-electron chi connectivity index (χ2n) is 11.7. The fraction of sp³-hybridized carbons (Fsp3) is 0.158. The number of allylic oxidation sites excluding steroid dienone is 2. The summed E-state index contributed by atoms with van der Waals surface area (Å²) in [4.78, 5) is 20.4. The third-order valence-corrected chi connectivity index (χ3v) is 10.0. The summed E-state index contributed by atoms with van der Waals surface area (Å²) >= 11 is 1.35. The van der Waals surface area contributed by atoms with Crippen LogP contribution < -0.4 is 10.2 Å². The lowest BCUT2D eigenvalue weighted by molar-refractivity contribution is -0.109. The first-order chi connectivity index (χ1) is 21.6. The van der Waals surface area contributed by atoms with Crippen LogP contribution in [-0.4, -0.2) is 29.0 Å². The molecule has 2 aliphatic heterocycles. The van der Waals surface area contributed by atoms with Crippen LogP contribution in [0.15, 0.2) is 103 Å². The van der Waals surface area contributed by atoms with Crippen LogP contribution in [0.1, 0.15) is 62.9 Å². The van der Waals surface area contributed by atoms with E-state index in [1.165, 1.54) is 39.3 Å². The van der Waals surface area contributed by atoms with Gasteiger partial charge in [-0.1, -0.05) is 102 Å². The minimum Gasteiger partial charge on any atom is -0.492 e. The molecule has 44 heavy (non-hydrogen) atoms. The van der Waals surface area contributed by atoms with E-state index in [-0.39, 0.29) is 11.7 Å². The lowest BCUT2D eigenvalue weighted by Gasteiger charge is -2.43. The van der Waals surface area contributed by atoms with E-state index in [0.29, 0.717) is 27.4 Å². The molecule has 1 aromatic heterocycles. The van der Waals surface area contributed by atoms with Crippen LogP contribution in [0.3, 0.4) is 0 Å². The maximum atomic E-state index is 12.8. The van der Waals surface area contributed by atoms with E-state index >= 15 is 0 Å². The van der Waals surface area contributed by atoms with Crippen molar-refractivity contribution >= 4 is 51.4 Å². The van der Waals surface area contributed by atoms with E-state index in [2.05, 4.69) is 88.0 Å². The highest BCUT2D eigenvalue weighted by Crippen LogP contribution is 2.50. The third-order valence-electron chi connectivity index (χ3n) is 9.11. The molecule has 3 heterocycles. The minimum atomic E-state index is -0.0837. The van der Waals surface area contributed by atoms with Crippen molar-refractivity contribution in [2.75, 3.05) is 23.3 Å². The summed E-state index contributed by atoms with van der Waals surface area (Å²) in [6.45, 7) is 2.09. The van der Waals surface area contributed by atoms with Crippen LogP contribution in [-0.2, 0) is 4.79 Å². The van der Waals surface area contributed by atoms with Crippen LogP contribution in [0.5, 0.6) is 5.88 Å².